The van der Waals surface area contributed by atoms with E-state index < -0.39 is 20.7 Å². The Labute approximate surface area is 192 Å². The maximum atomic E-state index is 14.6. The fraction of sp³-hybridized carbons (Fsp3) is 0.250. The molecule has 0 radical (unpaired) electrons. The van der Waals surface area contributed by atoms with Gasteiger partial charge in [0.1, 0.15) is 10.7 Å². The molecule has 0 spiro atoms. The van der Waals surface area contributed by atoms with Crippen molar-refractivity contribution in [2.75, 3.05) is 16.6 Å². The summed E-state index contributed by atoms with van der Waals surface area (Å²) in [4.78, 5) is 3.33. The first-order chi connectivity index (χ1) is 14.3. The predicted molar refractivity (Wildman–Crippen MR) is 124 cm³/mol. The summed E-state index contributed by atoms with van der Waals surface area (Å²) >= 11 is 10.8. The predicted octanol–water partition coefficient (Wildman–Crippen LogP) is 6.18. The summed E-state index contributed by atoms with van der Waals surface area (Å²) in [5, 5.41) is 5.06. The number of rotatable bonds is 9. The average Bonchev–Trinajstić information content (AvgIpc) is 3.19. The van der Waals surface area contributed by atoms with Gasteiger partial charge in [-0.15, -0.1) is 11.3 Å². The molecule has 0 saturated heterocycles. The van der Waals surface area contributed by atoms with Crippen LogP contribution in [0.3, 0.4) is 0 Å². The molecule has 3 rings (SSSR count). The molecule has 30 heavy (non-hydrogen) atoms. The minimum absolute atomic E-state index is 0.133. The molecule has 1 heterocycles. The van der Waals surface area contributed by atoms with Gasteiger partial charge in [0.05, 0.1) is 10.7 Å². The van der Waals surface area contributed by atoms with Crippen molar-refractivity contribution in [2.45, 2.75) is 24.7 Å². The Bertz CT molecular complexity index is 1110. The Morgan fingerprint density at radius 2 is 2.10 bits per heavy atom. The van der Waals surface area contributed by atoms with Crippen LogP contribution in [-0.2, 0) is 16.4 Å². The number of sulfonamides is 1. The molecule has 0 bridgehead atoms. The summed E-state index contributed by atoms with van der Waals surface area (Å²) < 4.78 is 42.8. The molecule has 1 aromatic heterocycles. The van der Waals surface area contributed by atoms with Crippen molar-refractivity contribution >= 4 is 59.7 Å². The normalized spacial score (nSPS) is 12.5. The average molecular weight is 533 g/mol. The zero-order chi connectivity index (χ0) is 21.7. The molecule has 0 saturated carbocycles. The lowest BCUT2D eigenvalue weighted by Gasteiger charge is -2.18. The Balaban J connectivity index is 1.71. The molecule has 0 aliphatic carbocycles. The van der Waals surface area contributed by atoms with Gasteiger partial charge in [0.2, 0.25) is 0 Å². The summed E-state index contributed by atoms with van der Waals surface area (Å²) in [7, 11) is -4.13. The maximum absolute atomic E-state index is 14.6. The van der Waals surface area contributed by atoms with E-state index in [1.54, 1.807) is 5.38 Å². The van der Waals surface area contributed by atoms with Crippen molar-refractivity contribution in [3.05, 3.63) is 68.9 Å². The maximum Gasteiger partial charge on any atom is 0.266 e. The van der Waals surface area contributed by atoms with Crippen molar-refractivity contribution in [3.63, 3.8) is 0 Å². The van der Waals surface area contributed by atoms with Gasteiger partial charge in [0.25, 0.3) is 10.0 Å². The zero-order valence-corrected chi connectivity index (χ0v) is 20.0. The van der Waals surface area contributed by atoms with Gasteiger partial charge in [-0.3, -0.25) is 4.72 Å². The van der Waals surface area contributed by atoms with Crippen LogP contribution in [0.2, 0.25) is 5.02 Å². The summed E-state index contributed by atoms with van der Waals surface area (Å²) in [6, 6.07) is 10.3. The Morgan fingerprint density at radius 1 is 1.30 bits per heavy atom. The molecule has 0 aliphatic heterocycles. The van der Waals surface area contributed by atoms with Gasteiger partial charge in [-0.1, -0.05) is 53.0 Å². The lowest BCUT2D eigenvalue weighted by molar-refractivity contribution is 0.533. The van der Waals surface area contributed by atoms with E-state index in [0.717, 1.165) is 40.8 Å². The van der Waals surface area contributed by atoms with Crippen LogP contribution in [0.25, 0.3) is 0 Å². The number of nitrogens with one attached hydrogen (secondary N) is 2. The zero-order valence-electron chi connectivity index (χ0n) is 16.0. The van der Waals surface area contributed by atoms with E-state index in [-0.39, 0.29) is 10.2 Å². The van der Waals surface area contributed by atoms with Gasteiger partial charge in [-0.05, 0) is 42.2 Å². The van der Waals surface area contributed by atoms with Gasteiger partial charge >= 0.3 is 0 Å². The van der Waals surface area contributed by atoms with E-state index in [1.807, 2.05) is 12.1 Å². The fourth-order valence-electron chi connectivity index (χ4n) is 2.93. The van der Waals surface area contributed by atoms with Gasteiger partial charge in [-0.25, -0.2) is 17.8 Å². The van der Waals surface area contributed by atoms with Crippen LogP contribution < -0.4 is 10.0 Å². The SMILES string of the molecule is CC[C@H](CNc1cc(F)c(S(=O)(=O)Nc2nccs2)cc1Cl)Cc1cccc(Br)c1. The summed E-state index contributed by atoms with van der Waals surface area (Å²) in [5.41, 5.74) is 1.56. The van der Waals surface area contributed by atoms with Crippen LogP contribution in [0.4, 0.5) is 15.2 Å². The number of halogens is 3. The number of nitrogens with zero attached hydrogens (tertiary/aromatic N) is 1. The lowest BCUT2D eigenvalue weighted by Crippen LogP contribution is -2.18. The minimum Gasteiger partial charge on any atom is -0.383 e. The van der Waals surface area contributed by atoms with Gasteiger partial charge in [0.15, 0.2) is 5.13 Å². The number of thiazole rings is 1. The topological polar surface area (TPSA) is 71.1 Å². The molecule has 0 amide bonds. The monoisotopic (exact) mass is 531 g/mol. The van der Waals surface area contributed by atoms with E-state index in [9.17, 15) is 12.8 Å². The molecule has 0 unspecified atom stereocenters. The van der Waals surface area contributed by atoms with Crippen LogP contribution >= 0.6 is 38.9 Å². The van der Waals surface area contributed by atoms with Crippen molar-refractivity contribution < 1.29 is 12.8 Å². The highest BCUT2D eigenvalue weighted by Crippen LogP contribution is 2.30. The molecule has 2 aromatic carbocycles. The summed E-state index contributed by atoms with van der Waals surface area (Å²) in [6.07, 6.45) is 3.23. The standard InChI is InChI=1S/C20H20BrClFN3O2S2/c1-2-13(8-14-4-3-5-15(21)9-14)12-25-18-11-17(23)19(10-16(18)22)30(27,28)26-20-24-6-7-29-20/h3-7,9-11,13,25H,2,8,12H2,1H3,(H,24,26)/t13-/m0/s1. The van der Waals surface area contributed by atoms with E-state index >= 15 is 0 Å². The Hall–Kier alpha value is -1.68. The third-order valence-electron chi connectivity index (χ3n) is 4.54. The molecule has 1 atom stereocenters. The number of benzene rings is 2. The first-order valence-electron chi connectivity index (χ1n) is 9.18. The summed E-state index contributed by atoms with van der Waals surface area (Å²) in [6.45, 7) is 2.66. The van der Waals surface area contributed by atoms with Gasteiger partial charge in [0, 0.05) is 22.6 Å². The van der Waals surface area contributed by atoms with Gasteiger partial charge in [-0.2, -0.15) is 0 Å². The molecule has 160 valence electrons. The molecule has 0 fully saturated rings. The third kappa shape index (κ3) is 5.94. The minimum atomic E-state index is -4.13. The van der Waals surface area contributed by atoms with Crippen LogP contribution in [-0.4, -0.2) is 19.9 Å². The number of hydrogen-bond acceptors (Lipinski definition) is 5. The molecule has 3 aromatic rings. The number of hydrogen-bond donors (Lipinski definition) is 2. The molecular formula is C20H20BrClFN3O2S2. The van der Waals surface area contributed by atoms with Crippen LogP contribution in [0, 0.1) is 11.7 Å². The number of anilines is 2. The highest BCUT2D eigenvalue weighted by Gasteiger charge is 2.22. The van der Waals surface area contributed by atoms with E-state index in [4.69, 9.17) is 11.6 Å². The van der Waals surface area contributed by atoms with Crippen molar-refractivity contribution in [1.82, 2.24) is 4.98 Å². The highest BCUT2D eigenvalue weighted by atomic mass is 79.9. The molecular weight excluding hydrogens is 513 g/mol. The quantitative estimate of drug-likeness (QED) is 0.345. The van der Waals surface area contributed by atoms with E-state index in [1.165, 1.54) is 11.8 Å². The van der Waals surface area contributed by atoms with Crippen LogP contribution in [0.5, 0.6) is 0 Å². The molecule has 2 N–H and O–H groups in total. The first kappa shape index (κ1) is 23.0. The highest BCUT2D eigenvalue weighted by molar-refractivity contribution is 9.10. The third-order valence-corrected chi connectivity index (χ3v) is 7.51. The fourth-order valence-corrected chi connectivity index (χ4v) is 5.54. The second-order valence-corrected chi connectivity index (χ2v) is 10.6. The Kier molecular flexibility index (Phi) is 7.73. The van der Waals surface area contributed by atoms with Crippen LogP contribution in [0.15, 0.2) is 57.3 Å². The van der Waals surface area contributed by atoms with Crippen LogP contribution in [0.1, 0.15) is 18.9 Å². The van der Waals surface area contributed by atoms with E-state index in [0.29, 0.717) is 18.2 Å². The van der Waals surface area contributed by atoms with E-state index in [2.05, 4.69) is 50.0 Å². The van der Waals surface area contributed by atoms with Crippen molar-refractivity contribution in [3.8, 4) is 0 Å². The second-order valence-electron chi connectivity index (χ2n) is 6.69. The lowest BCUT2D eigenvalue weighted by atomic mass is 9.97. The molecule has 5 nitrogen and oxygen atoms in total. The van der Waals surface area contributed by atoms with Crippen molar-refractivity contribution in [1.29, 1.82) is 0 Å². The second kappa shape index (κ2) is 10.1. The van der Waals surface area contributed by atoms with Crippen molar-refractivity contribution in [2.24, 2.45) is 5.92 Å². The number of aromatic nitrogens is 1. The first-order valence-corrected chi connectivity index (χ1v) is 12.7. The Morgan fingerprint density at radius 3 is 2.77 bits per heavy atom. The summed E-state index contributed by atoms with van der Waals surface area (Å²) in [5.74, 6) is -0.584. The molecule has 10 heteroatoms. The smallest absolute Gasteiger partial charge is 0.266 e. The molecule has 0 aliphatic rings. The largest absolute Gasteiger partial charge is 0.383 e. The van der Waals surface area contributed by atoms with Gasteiger partial charge < -0.3 is 5.32 Å².